The van der Waals surface area contributed by atoms with Crippen LogP contribution in [-0.2, 0) is 17.6 Å². The minimum Gasteiger partial charge on any atom is -0.338 e. The van der Waals surface area contributed by atoms with Crippen LogP contribution in [0, 0.1) is 11.8 Å². The fraction of sp³-hybridized carbons (Fsp3) is 0.476. The third-order valence-corrected chi connectivity index (χ3v) is 6.87. The van der Waals surface area contributed by atoms with Crippen molar-refractivity contribution in [3.05, 3.63) is 45.4 Å². The molecule has 5 nitrogen and oxygen atoms in total. The lowest BCUT2D eigenvalue weighted by Crippen LogP contribution is -2.43. The van der Waals surface area contributed by atoms with Crippen LogP contribution < -0.4 is 5.32 Å². The number of aryl methyl sites for hydroxylation is 1. The molecule has 4 rings (SSSR count). The molecule has 2 aromatic rings. The number of aromatic nitrogens is 1. The van der Waals surface area contributed by atoms with Crippen molar-refractivity contribution in [3.8, 4) is 0 Å². The fourth-order valence-electron chi connectivity index (χ4n) is 3.95. The summed E-state index contributed by atoms with van der Waals surface area (Å²) in [6, 6.07) is 6.90. The Kier molecular flexibility index (Phi) is 5.69. The van der Waals surface area contributed by atoms with E-state index >= 15 is 0 Å². The van der Waals surface area contributed by atoms with E-state index in [2.05, 4.69) is 17.2 Å². The molecule has 1 aromatic heterocycles. The Bertz CT molecular complexity index is 880. The van der Waals surface area contributed by atoms with Crippen LogP contribution in [0.1, 0.15) is 47.1 Å². The van der Waals surface area contributed by atoms with Gasteiger partial charge in [0.25, 0.3) is 5.91 Å². The SMILES string of the molecule is C[C@H]1CCc2nc(NC(=O)[C@H]3CCCN(C(=O)c4ccc(Cl)cc4)C3)sc2C1. The van der Waals surface area contributed by atoms with Gasteiger partial charge in [-0.3, -0.25) is 9.59 Å². The Morgan fingerprint density at radius 1 is 1.25 bits per heavy atom. The lowest BCUT2D eigenvalue weighted by atomic mass is 9.93. The maximum absolute atomic E-state index is 12.8. The standard InChI is InChI=1S/C21H24ClN3O2S/c1-13-4-9-17-18(11-13)28-21(23-17)24-19(26)15-3-2-10-25(12-15)20(27)14-5-7-16(22)8-6-14/h5-8,13,15H,2-4,9-12H2,1H3,(H,23,24,26)/t13-,15-/m0/s1. The number of fused-ring (bicyclic) bond motifs is 1. The van der Waals surface area contributed by atoms with Crippen LogP contribution in [-0.4, -0.2) is 34.8 Å². The van der Waals surface area contributed by atoms with E-state index in [0.717, 1.165) is 37.8 Å². The van der Waals surface area contributed by atoms with Crippen LogP contribution in [0.3, 0.4) is 0 Å². The van der Waals surface area contributed by atoms with Crippen LogP contribution in [0.25, 0.3) is 0 Å². The van der Waals surface area contributed by atoms with Crippen molar-refractivity contribution in [2.24, 2.45) is 11.8 Å². The first-order valence-electron chi connectivity index (χ1n) is 9.84. The molecule has 1 aromatic carbocycles. The lowest BCUT2D eigenvalue weighted by Gasteiger charge is -2.32. The number of thiazole rings is 1. The maximum Gasteiger partial charge on any atom is 0.253 e. The van der Waals surface area contributed by atoms with Crippen LogP contribution in [0.2, 0.25) is 5.02 Å². The third kappa shape index (κ3) is 4.23. The summed E-state index contributed by atoms with van der Waals surface area (Å²) in [5.41, 5.74) is 1.74. The molecule has 28 heavy (non-hydrogen) atoms. The molecule has 0 saturated carbocycles. The number of nitrogens with zero attached hydrogens (tertiary/aromatic N) is 2. The van der Waals surface area contributed by atoms with Gasteiger partial charge >= 0.3 is 0 Å². The Morgan fingerprint density at radius 2 is 2.04 bits per heavy atom. The molecule has 1 aliphatic carbocycles. The lowest BCUT2D eigenvalue weighted by molar-refractivity contribution is -0.121. The molecule has 0 radical (unpaired) electrons. The normalized spacial score (nSPS) is 21.9. The fourth-order valence-corrected chi connectivity index (χ4v) is 5.25. The van der Waals surface area contributed by atoms with Gasteiger partial charge in [-0.1, -0.05) is 18.5 Å². The van der Waals surface area contributed by atoms with Gasteiger partial charge in [-0.05, 0) is 62.3 Å². The van der Waals surface area contributed by atoms with Gasteiger partial charge in [0.2, 0.25) is 5.91 Å². The zero-order chi connectivity index (χ0) is 19.7. The van der Waals surface area contributed by atoms with E-state index in [1.54, 1.807) is 40.5 Å². The number of hydrogen-bond donors (Lipinski definition) is 1. The summed E-state index contributed by atoms with van der Waals surface area (Å²) in [6.45, 7) is 3.37. The van der Waals surface area contributed by atoms with Gasteiger partial charge in [0.05, 0.1) is 11.6 Å². The van der Waals surface area contributed by atoms with Crippen molar-refractivity contribution in [2.45, 2.75) is 39.0 Å². The number of halogens is 1. The molecule has 2 amide bonds. The highest BCUT2D eigenvalue weighted by molar-refractivity contribution is 7.15. The average molecular weight is 418 g/mol. The number of piperidine rings is 1. The summed E-state index contributed by atoms with van der Waals surface area (Å²) in [4.78, 5) is 33.2. The molecular formula is C21H24ClN3O2S. The summed E-state index contributed by atoms with van der Waals surface area (Å²) in [5, 5.41) is 4.31. The Hall–Kier alpha value is -1.92. The maximum atomic E-state index is 12.8. The molecule has 2 heterocycles. The van der Waals surface area contributed by atoms with Crippen molar-refractivity contribution in [1.29, 1.82) is 0 Å². The predicted molar refractivity (Wildman–Crippen MR) is 112 cm³/mol. The molecule has 2 aliphatic rings. The number of carbonyl (C=O) groups excluding carboxylic acids is 2. The predicted octanol–water partition coefficient (Wildman–Crippen LogP) is 4.41. The van der Waals surface area contributed by atoms with Crippen LogP contribution in [0.15, 0.2) is 24.3 Å². The topological polar surface area (TPSA) is 62.3 Å². The molecule has 0 unspecified atom stereocenters. The second-order valence-electron chi connectivity index (χ2n) is 7.82. The van der Waals surface area contributed by atoms with E-state index < -0.39 is 0 Å². The van der Waals surface area contributed by atoms with Gasteiger partial charge in [-0.2, -0.15) is 0 Å². The Labute approximate surface area is 174 Å². The van der Waals surface area contributed by atoms with E-state index in [9.17, 15) is 9.59 Å². The van der Waals surface area contributed by atoms with E-state index in [1.807, 2.05) is 0 Å². The minimum atomic E-state index is -0.204. The van der Waals surface area contributed by atoms with Gasteiger partial charge in [0, 0.05) is 28.6 Å². The first kappa shape index (κ1) is 19.4. The highest BCUT2D eigenvalue weighted by Crippen LogP contribution is 2.32. The highest BCUT2D eigenvalue weighted by Gasteiger charge is 2.30. The van der Waals surface area contributed by atoms with Crippen LogP contribution in [0.4, 0.5) is 5.13 Å². The second kappa shape index (κ2) is 8.21. The molecule has 2 atom stereocenters. The van der Waals surface area contributed by atoms with E-state index in [1.165, 1.54) is 4.88 Å². The van der Waals surface area contributed by atoms with Crippen molar-refractivity contribution >= 4 is 39.9 Å². The number of carbonyl (C=O) groups is 2. The monoisotopic (exact) mass is 417 g/mol. The van der Waals surface area contributed by atoms with E-state index in [-0.39, 0.29) is 17.7 Å². The number of benzene rings is 1. The first-order chi connectivity index (χ1) is 13.5. The van der Waals surface area contributed by atoms with Crippen molar-refractivity contribution in [3.63, 3.8) is 0 Å². The van der Waals surface area contributed by atoms with Gasteiger partial charge < -0.3 is 10.2 Å². The number of amides is 2. The van der Waals surface area contributed by atoms with Gasteiger partial charge in [0.15, 0.2) is 5.13 Å². The molecular weight excluding hydrogens is 394 g/mol. The smallest absolute Gasteiger partial charge is 0.253 e. The Morgan fingerprint density at radius 3 is 2.82 bits per heavy atom. The Balaban J connectivity index is 1.39. The van der Waals surface area contributed by atoms with E-state index in [0.29, 0.717) is 34.7 Å². The summed E-state index contributed by atoms with van der Waals surface area (Å²) in [5.74, 6) is 0.396. The first-order valence-corrected chi connectivity index (χ1v) is 11.0. The third-order valence-electron chi connectivity index (χ3n) is 5.59. The van der Waals surface area contributed by atoms with Crippen molar-refractivity contribution < 1.29 is 9.59 Å². The average Bonchev–Trinajstić information content (AvgIpc) is 3.09. The molecule has 0 bridgehead atoms. The number of rotatable bonds is 3. The molecule has 0 spiro atoms. The highest BCUT2D eigenvalue weighted by atomic mass is 35.5. The van der Waals surface area contributed by atoms with Crippen molar-refractivity contribution in [1.82, 2.24) is 9.88 Å². The number of likely N-dealkylation sites (tertiary alicyclic amines) is 1. The van der Waals surface area contributed by atoms with Gasteiger partial charge in [0.1, 0.15) is 0 Å². The summed E-state index contributed by atoms with van der Waals surface area (Å²) >= 11 is 7.51. The molecule has 1 N–H and O–H groups in total. The number of anilines is 1. The van der Waals surface area contributed by atoms with Gasteiger partial charge in [-0.15, -0.1) is 11.3 Å². The largest absolute Gasteiger partial charge is 0.338 e. The quantitative estimate of drug-likeness (QED) is 0.804. The van der Waals surface area contributed by atoms with Crippen LogP contribution in [0.5, 0.6) is 0 Å². The zero-order valence-electron chi connectivity index (χ0n) is 15.9. The van der Waals surface area contributed by atoms with Crippen LogP contribution >= 0.6 is 22.9 Å². The number of nitrogens with one attached hydrogen (secondary N) is 1. The molecule has 1 aliphatic heterocycles. The summed E-state index contributed by atoms with van der Waals surface area (Å²) in [6.07, 6.45) is 4.82. The molecule has 1 fully saturated rings. The summed E-state index contributed by atoms with van der Waals surface area (Å²) in [7, 11) is 0. The molecule has 1 saturated heterocycles. The molecule has 7 heteroatoms. The van der Waals surface area contributed by atoms with E-state index in [4.69, 9.17) is 11.6 Å². The summed E-state index contributed by atoms with van der Waals surface area (Å²) < 4.78 is 0. The minimum absolute atomic E-state index is 0.0345. The second-order valence-corrected chi connectivity index (χ2v) is 9.34. The zero-order valence-corrected chi connectivity index (χ0v) is 17.5. The van der Waals surface area contributed by atoms with Crippen molar-refractivity contribution in [2.75, 3.05) is 18.4 Å². The van der Waals surface area contributed by atoms with Gasteiger partial charge in [-0.25, -0.2) is 4.98 Å². The number of hydrogen-bond acceptors (Lipinski definition) is 4. The molecule has 148 valence electrons.